The first kappa shape index (κ1) is 21.0. The highest BCUT2D eigenvalue weighted by Crippen LogP contribution is 2.38. The molecule has 0 radical (unpaired) electrons. The Hall–Kier alpha value is -2.73. The number of ether oxygens (including phenoxy) is 3. The third-order valence-corrected chi connectivity index (χ3v) is 5.35. The van der Waals surface area contributed by atoms with Crippen molar-refractivity contribution in [1.82, 2.24) is 10.2 Å². The van der Waals surface area contributed by atoms with Crippen molar-refractivity contribution in [1.29, 1.82) is 0 Å². The molecule has 1 saturated heterocycles. The number of likely N-dealkylation sites (tertiary alicyclic amines) is 1. The van der Waals surface area contributed by atoms with Gasteiger partial charge in [0.1, 0.15) is 0 Å². The number of amides is 1. The van der Waals surface area contributed by atoms with E-state index in [1.54, 1.807) is 21.3 Å². The summed E-state index contributed by atoms with van der Waals surface area (Å²) in [6.07, 6.45) is 2.67. The van der Waals surface area contributed by atoms with E-state index in [1.807, 2.05) is 18.2 Å². The first-order valence-electron chi connectivity index (χ1n) is 10.0. The number of rotatable bonds is 9. The molecule has 1 atom stereocenters. The van der Waals surface area contributed by atoms with Gasteiger partial charge in [-0.25, -0.2) is 0 Å². The molecule has 156 valence electrons. The van der Waals surface area contributed by atoms with Crippen molar-refractivity contribution >= 4 is 5.91 Å². The van der Waals surface area contributed by atoms with Gasteiger partial charge in [-0.05, 0) is 49.2 Å². The first-order valence-corrected chi connectivity index (χ1v) is 10.0. The summed E-state index contributed by atoms with van der Waals surface area (Å²) < 4.78 is 16.1. The highest BCUT2D eigenvalue weighted by atomic mass is 16.5. The van der Waals surface area contributed by atoms with E-state index < -0.39 is 0 Å². The van der Waals surface area contributed by atoms with Crippen LogP contribution in [0.15, 0.2) is 42.5 Å². The zero-order valence-electron chi connectivity index (χ0n) is 17.4. The Balaban J connectivity index is 1.68. The summed E-state index contributed by atoms with van der Waals surface area (Å²) in [6.45, 7) is 2.73. The number of nitrogens with one attached hydrogen (secondary N) is 1. The van der Waals surface area contributed by atoms with E-state index in [0.717, 1.165) is 18.7 Å². The van der Waals surface area contributed by atoms with Gasteiger partial charge in [-0.2, -0.15) is 0 Å². The average molecular weight is 399 g/mol. The summed E-state index contributed by atoms with van der Waals surface area (Å²) >= 11 is 0. The Morgan fingerprint density at radius 1 is 1.00 bits per heavy atom. The van der Waals surface area contributed by atoms with Crippen LogP contribution in [0.3, 0.4) is 0 Å². The van der Waals surface area contributed by atoms with E-state index in [0.29, 0.717) is 23.8 Å². The highest BCUT2D eigenvalue weighted by Gasteiger charge is 2.24. The summed E-state index contributed by atoms with van der Waals surface area (Å²) in [5.41, 5.74) is 2.05. The molecule has 3 rings (SSSR count). The van der Waals surface area contributed by atoms with Crippen LogP contribution in [-0.2, 0) is 11.2 Å². The molecule has 1 N–H and O–H groups in total. The van der Waals surface area contributed by atoms with E-state index in [2.05, 4.69) is 34.5 Å². The number of benzene rings is 2. The quantitative estimate of drug-likeness (QED) is 0.703. The van der Waals surface area contributed by atoms with Crippen LogP contribution in [0.1, 0.15) is 30.0 Å². The second-order valence-corrected chi connectivity index (χ2v) is 7.18. The molecule has 29 heavy (non-hydrogen) atoms. The van der Waals surface area contributed by atoms with Crippen molar-refractivity contribution in [3.8, 4) is 17.2 Å². The molecule has 2 aromatic carbocycles. The predicted octanol–water partition coefficient (Wildman–Crippen LogP) is 3.21. The fraction of sp³-hybridized carbons (Fsp3) is 0.435. The lowest BCUT2D eigenvalue weighted by molar-refractivity contribution is -0.120. The molecule has 1 amide bonds. The van der Waals surface area contributed by atoms with Gasteiger partial charge in [0.25, 0.3) is 0 Å². The summed E-state index contributed by atoms with van der Waals surface area (Å²) in [7, 11) is 4.71. The molecule has 6 heteroatoms. The van der Waals surface area contributed by atoms with Crippen molar-refractivity contribution in [2.24, 2.45) is 0 Å². The fourth-order valence-electron chi connectivity index (χ4n) is 3.88. The smallest absolute Gasteiger partial charge is 0.224 e. The van der Waals surface area contributed by atoms with Crippen LogP contribution in [0.4, 0.5) is 0 Å². The van der Waals surface area contributed by atoms with E-state index in [9.17, 15) is 4.79 Å². The molecule has 0 aromatic heterocycles. The SMILES string of the molecule is COc1cc(CC(=O)NC[C@@H](c2ccccc2)N2CCCC2)cc(OC)c1OC. The zero-order chi connectivity index (χ0) is 20.6. The average Bonchev–Trinajstić information content (AvgIpc) is 3.28. The lowest BCUT2D eigenvalue weighted by Gasteiger charge is -2.28. The van der Waals surface area contributed by atoms with Crippen molar-refractivity contribution in [2.75, 3.05) is 41.0 Å². The maximum atomic E-state index is 12.7. The maximum Gasteiger partial charge on any atom is 0.224 e. The van der Waals surface area contributed by atoms with Crippen molar-refractivity contribution in [3.63, 3.8) is 0 Å². The zero-order valence-corrected chi connectivity index (χ0v) is 17.4. The number of carbonyl (C=O) groups is 1. The number of methoxy groups -OCH3 is 3. The fourth-order valence-corrected chi connectivity index (χ4v) is 3.88. The van der Waals surface area contributed by atoms with E-state index in [1.165, 1.54) is 18.4 Å². The Kier molecular flexibility index (Phi) is 7.36. The van der Waals surface area contributed by atoms with Crippen LogP contribution in [0.25, 0.3) is 0 Å². The monoisotopic (exact) mass is 398 g/mol. The number of hydrogen-bond acceptors (Lipinski definition) is 5. The lowest BCUT2D eigenvalue weighted by Crippen LogP contribution is -2.37. The Bertz CT molecular complexity index is 779. The van der Waals surface area contributed by atoms with Gasteiger partial charge in [-0.3, -0.25) is 9.69 Å². The highest BCUT2D eigenvalue weighted by molar-refractivity contribution is 5.79. The van der Waals surface area contributed by atoms with E-state index >= 15 is 0 Å². The van der Waals surface area contributed by atoms with Crippen LogP contribution in [0.5, 0.6) is 17.2 Å². The summed E-state index contributed by atoms with van der Waals surface area (Å²) in [5, 5.41) is 3.12. The van der Waals surface area contributed by atoms with E-state index in [4.69, 9.17) is 14.2 Å². The molecule has 1 aliphatic rings. The molecule has 0 unspecified atom stereocenters. The van der Waals surface area contributed by atoms with Crippen molar-refractivity contribution in [3.05, 3.63) is 53.6 Å². The minimum absolute atomic E-state index is 0.0283. The summed E-state index contributed by atoms with van der Waals surface area (Å²) in [5.74, 6) is 1.60. The van der Waals surface area contributed by atoms with E-state index in [-0.39, 0.29) is 18.4 Å². The second kappa shape index (κ2) is 10.2. The standard InChI is InChI=1S/C23H30N2O4/c1-27-20-13-17(14-21(28-2)23(20)29-3)15-22(26)24-16-19(25-11-7-8-12-25)18-9-5-4-6-10-18/h4-6,9-10,13-14,19H,7-8,11-12,15-16H2,1-3H3,(H,24,26)/t19-/m0/s1. The molecule has 2 aromatic rings. The van der Waals surface area contributed by atoms with Crippen molar-refractivity contribution in [2.45, 2.75) is 25.3 Å². The topological polar surface area (TPSA) is 60.0 Å². The second-order valence-electron chi connectivity index (χ2n) is 7.18. The molecule has 6 nitrogen and oxygen atoms in total. The van der Waals surface area contributed by atoms with Gasteiger partial charge in [-0.15, -0.1) is 0 Å². The molecule has 0 bridgehead atoms. The predicted molar refractivity (Wildman–Crippen MR) is 113 cm³/mol. The molecule has 0 spiro atoms. The van der Waals surface area contributed by atoms with Gasteiger partial charge >= 0.3 is 0 Å². The molecule has 1 heterocycles. The number of carbonyl (C=O) groups excluding carboxylic acids is 1. The van der Waals surface area contributed by atoms with Crippen LogP contribution >= 0.6 is 0 Å². The van der Waals surface area contributed by atoms with Crippen LogP contribution in [0, 0.1) is 0 Å². The molecular formula is C23H30N2O4. The van der Waals surface area contributed by atoms with Gasteiger partial charge < -0.3 is 19.5 Å². The van der Waals surface area contributed by atoms with Gasteiger partial charge in [0.05, 0.1) is 33.8 Å². The molecule has 0 aliphatic carbocycles. The summed E-state index contributed by atoms with van der Waals surface area (Å²) in [4.78, 5) is 15.1. The Morgan fingerprint density at radius 3 is 2.17 bits per heavy atom. The minimum atomic E-state index is -0.0283. The molecule has 0 saturated carbocycles. The number of nitrogens with zero attached hydrogens (tertiary/aromatic N) is 1. The molecule has 1 fully saturated rings. The van der Waals surface area contributed by atoms with Gasteiger partial charge in [0.2, 0.25) is 11.7 Å². The maximum absolute atomic E-state index is 12.7. The third kappa shape index (κ3) is 5.21. The van der Waals surface area contributed by atoms with Crippen molar-refractivity contribution < 1.29 is 19.0 Å². The molecule has 1 aliphatic heterocycles. The lowest BCUT2D eigenvalue weighted by atomic mass is 10.1. The first-order chi connectivity index (χ1) is 14.2. The van der Waals surface area contributed by atoms with Gasteiger partial charge in [0, 0.05) is 6.54 Å². The molecular weight excluding hydrogens is 368 g/mol. The van der Waals surface area contributed by atoms with Gasteiger partial charge in [-0.1, -0.05) is 30.3 Å². The Morgan fingerprint density at radius 2 is 1.62 bits per heavy atom. The van der Waals surface area contributed by atoms with Crippen LogP contribution in [0.2, 0.25) is 0 Å². The third-order valence-electron chi connectivity index (χ3n) is 5.35. The summed E-state index contributed by atoms with van der Waals surface area (Å²) in [6, 6.07) is 14.2. The van der Waals surface area contributed by atoms with Gasteiger partial charge in [0.15, 0.2) is 11.5 Å². The van der Waals surface area contributed by atoms with Crippen LogP contribution in [-0.4, -0.2) is 51.8 Å². The Labute approximate surface area is 172 Å². The normalized spacial score (nSPS) is 15.0. The minimum Gasteiger partial charge on any atom is -0.493 e. The van der Waals surface area contributed by atoms with Crippen LogP contribution < -0.4 is 19.5 Å². The number of hydrogen-bond donors (Lipinski definition) is 1. The largest absolute Gasteiger partial charge is 0.493 e.